The molecule has 0 heterocycles. The van der Waals surface area contributed by atoms with Crippen LogP contribution in [-0.2, 0) is 9.53 Å². The molecule has 0 aliphatic carbocycles. The zero-order valence-corrected chi connectivity index (χ0v) is 14.4. The van der Waals surface area contributed by atoms with Gasteiger partial charge in [-0.2, -0.15) is 0 Å². The van der Waals surface area contributed by atoms with Crippen molar-refractivity contribution in [1.82, 2.24) is 0 Å². The van der Waals surface area contributed by atoms with E-state index < -0.39 is 5.97 Å². The topological polar surface area (TPSA) is 58.6 Å². The van der Waals surface area contributed by atoms with Gasteiger partial charge < -0.3 is 15.0 Å². The first kappa shape index (κ1) is 17.5. The molecule has 1 amide bonds. The Bertz CT molecular complexity index is 737. The molecule has 0 bridgehead atoms. The number of rotatable bonds is 5. The molecule has 0 aromatic heterocycles. The van der Waals surface area contributed by atoms with Crippen molar-refractivity contribution in [3.05, 3.63) is 59.2 Å². The second-order valence-corrected chi connectivity index (χ2v) is 5.88. The Hall–Kier alpha value is -2.82. The molecule has 0 aliphatic rings. The molecule has 0 aliphatic heterocycles. The van der Waals surface area contributed by atoms with Crippen molar-refractivity contribution in [3.63, 3.8) is 0 Å². The molecule has 1 N–H and O–H groups in total. The van der Waals surface area contributed by atoms with Crippen molar-refractivity contribution in [2.45, 2.75) is 13.8 Å². The van der Waals surface area contributed by atoms with Gasteiger partial charge in [0.2, 0.25) is 0 Å². The van der Waals surface area contributed by atoms with Crippen LogP contribution in [0.5, 0.6) is 0 Å². The highest BCUT2D eigenvalue weighted by Crippen LogP contribution is 2.16. The van der Waals surface area contributed by atoms with E-state index in [1.165, 1.54) is 0 Å². The van der Waals surface area contributed by atoms with Crippen molar-refractivity contribution >= 4 is 23.3 Å². The van der Waals surface area contributed by atoms with E-state index in [2.05, 4.69) is 5.32 Å². The number of amides is 1. The van der Waals surface area contributed by atoms with Crippen molar-refractivity contribution in [2.24, 2.45) is 0 Å². The van der Waals surface area contributed by atoms with Crippen molar-refractivity contribution in [1.29, 1.82) is 0 Å². The van der Waals surface area contributed by atoms with Gasteiger partial charge in [-0.25, -0.2) is 4.79 Å². The molecule has 24 heavy (non-hydrogen) atoms. The van der Waals surface area contributed by atoms with Crippen LogP contribution in [0, 0.1) is 13.8 Å². The molecule has 2 aromatic carbocycles. The Morgan fingerprint density at radius 1 is 1.04 bits per heavy atom. The standard InChI is InChI=1S/C19H22N2O3/c1-13-5-10-17(14(2)11-13)20-18(22)12-24-19(23)15-6-8-16(9-7-15)21(3)4/h5-11H,12H2,1-4H3,(H,20,22). The van der Waals surface area contributed by atoms with E-state index in [0.717, 1.165) is 22.5 Å². The van der Waals surface area contributed by atoms with Crippen LogP contribution < -0.4 is 10.2 Å². The summed E-state index contributed by atoms with van der Waals surface area (Å²) < 4.78 is 5.06. The number of anilines is 2. The number of hydrogen-bond donors (Lipinski definition) is 1. The second-order valence-electron chi connectivity index (χ2n) is 5.88. The number of carbonyl (C=O) groups excluding carboxylic acids is 2. The van der Waals surface area contributed by atoms with Gasteiger partial charge in [-0.3, -0.25) is 4.79 Å². The van der Waals surface area contributed by atoms with Gasteiger partial charge in [0.1, 0.15) is 0 Å². The lowest BCUT2D eigenvalue weighted by Crippen LogP contribution is -2.21. The van der Waals surface area contributed by atoms with E-state index >= 15 is 0 Å². The van der Waals surface area contributed by atoms with E-state index in [1.54, 1.807) is 12.1 Å². The minimum Gasteiger partial charge on any atom is -0.452 e. The van der Waals surface area contributed by atoms with E-state index in [4.69, 9.17) is 4.74 Å². The Kier molecular flexibility index (Phi) is 5.58. The molecule has 0 unspecified atom stereocenters. The third kappa shape index (κ3) is 4.59. The van der Waals surface area contributed by atoms with Gasteiger partial charge in [-0.1, -0.05) is 17.7 Å². The second kappa shape index (κ2) is 7.64. The molecule has 5 heteroatoms. The summed E-state index contributed by atoms with van der Waals surface area (Å²) in [6, 6.07) is 12.7. The number of benzene rings is 2. The van der Waals surface area contributed by atoms with E-state index in [9.17, 15) is 9.59 Å². The zero-order chi connectivity index (χ0) is 17.7. The highest BCUT2D eigenvalue weighted by atomic mass is 16.5. The van der Waals surface area contributed by atoms with Gasteiger partial charge in [0, 0.05) is 25.5 Å². The van der Waals surface area contributed by atoms with Crippen LogP contribution in [-0.4, -0.2) is 32.6 Å². The average molecular weight is 326 g/mol. The van der Waals surface area contributed by atoms with E-state index in [1.807, 2.05) is 63.2 Å². The van der Waals surface area contributed by atoms with Crippen LogP contribution in [0.3, 0.4) is 0 Å². The van der Waals surface area contributed by atoms with Crippen LogP contribution in [0.2, 0.25) is 0 Å². The fraction of sp³-hybridized carbons (Fsp3) is 0.263. The minimum atomic E-state index is -0.518. The lowest BCUT2D eigenvalue weighted by molar-refractivity contribution is -0.119. The highest BCUT2D eigenvalue weighted by molar-refractivity contribution is 5.96. The fourth-order valence-electron chi connectivity index (χ4n) is 2.25. The van der Waals surface area contributed by atoms with Gasteiger partial charge in [0.15, 0.2) is 6.61 Å². The SMILES string of the molecule is Cc1ccc(NC(=O)COC(=O)c2ccc(N(C)C)cc2)c(C)c1. The van der Waals surface area contributed by atoms with Crippen LogP contribution in [0.25, 0.3) is 0 Å². The predicted octanol–water partition coefficient (Wildman–Crippen LogP) is 3.16. The average Bonchev–Trinajstić information content (AvgIpc) is 2.55. The zero-order valence-electron chi connectivity index (χ0n) is 14.4. The highest BCUT2D eigenvalue weighted by Gasteiger charge is 2.11. The van der Waals surface area contributed by atoms with Gasteiger partial charge in [-0.05, 0) is 49.7 Å². The van der Waals surface area contributed by atoms with Crippen molar-refractivity contribution in [2.75, 3.05) is 30.9 Å². The summed E-state index contributed by atoms with van der Waals surface area (Å²) in [7, 11) is 3.84. The molecule has 0 radical (unpaired) electrons. The molecule has 2 aromatic rings. The molecule has 0 fully saturated rings. The quantitative estimate of drug-likeness (QED) is 0.858. The maximum atomic E-state index is 12.0. The number of hydrogen-bond acceptors (Lipinski definition) is 4. The first-order valence-corrected chi connectivity index (χ1v) is 7.68. The molecule has 5 nitrogen and oxygen atoms in total. The number of ether oxygens (including phenoxy) is 1. The maximum Gasteiger partial charge on any atom is 0.338 e. The minimum absolute atomic E-state index is 0.318. The van der Waals surface area contributed by atoms with Crippen LogP contribution in [0.1, 0.15) is 21.5 Å². The lowest BCUT2D eigenvalue weighted by atomic mass is 10.1. The molecule has 2 rings (SSSR count). The molecular formula is C19H22N2O3. The largest absolute Gasteiger partial charge is 0.452 e. The summed E-state index contributed by atoms with van der Waals surface area (Å²) in [5.74, 6) is -0.878. The summed E-state index contributed by atoms with van der Waals surface area (Å²) in [5.41, 5.74) is 4.21. The fourth-order valence-corrected chi connectivity index (χ4v) is 2.25. The summed E-state index contributed by atoms with van der Waals surface area (Å²) in [6.07, 6.45) is 0. The number of nitrogens with one attached hydrogen (secondary N) is 1. The lowest BCUT2D eigenvalue weighted by Gasteiger charge is -2.12. The van der Waals surface area contributed by atoms with Crippen LogP contribution in [0.15, 0.2) is 42.5 Å². The summed E-state index contributed by atoms with van der Waals surface area (Å²) >= 11 is 0. The number of aryl methyl sites for hydroxylation is 2. The third-order valence-electron chi connectivity index (χ3n) is 3.61. The van der Waals surface area contributed by atoms with Crippen molar-refractivity contribution < 1.29 is 14.3 Å². The summed E-state index contributed by atoms with van der Waals surface area (Å²) in [4.78, 5) is 25.8. The molecular weight excluding hydrogens is 304 g/mol. The smallest absolute Gasteiger partial charge is 0.338 e. The van der Waals surface area contributed by atoms with Crippen LogP contribution in [0.4, 0.5) is 11.4 Å². The molecule has 126 valence electrons. The van der Waals surface area contributed by atoms with Gasteiger partial charge >= 0.3 is 5.97 Å². The van der Waals surface area contributed by atoms with E-state index in [-0.39, 0.29) is 12.5 Å². The van der Waals surface area contributed by atoms with E-state index in [0.29, 0.717) is 5.56 Å². The molecule has 0 atom stereocenters. The summed E-state index contributed by atoms with van der Waals surface area (Å²) in [6.45, 7) is 3.59. The van der Waals surface area contributed by atoms with Crippen molar-refractivity contribution in [3.8, 4) is 0 Å². The molecule has 0 spiro atoms. The first-order chi connectivity index (χ1) is 11.4. The van der Waals surface area contributed by atoms with Crippen LogP contribution >= 0.6 is 0 Å². The number of carbonyl (C=O) groups is 2. The van der Waals surface area contributed by atoms with Gasteiger partial charge in [-0.15, -0.1) is 0 Å². The Morgan fingerprint density at radius 2 is 1.71 bits per heavy atom. The Balaban J connectivity index is 1.90. The maximum absolute atomic E-state index is 12.0. The predicted molar refractivity (Wildman–Crippen MR) is 95.6 cm³/mol. The number of nitrogens with zero attached hydrogens (tertiary/aromatic N) is 1. The monoisotopic (exact) mass is 326 g/mol. The molecule has 0 saturated carbocycles. The summed E-state index contributed by atoms with van der Waals surface area (Å²) in [5, 5.41) is 2.75. The van der Waals surface area contributed by atoms with Gasteiger partial charge in [0.05, 0.1) is 5.56 Å². The molecule has 0 saturated heterocycles. The first-order valence-electron chi connectivity index (χ1n) is 7.68. The Labute approximate surface area is 142 Å². The third-order valence-corrected chi connectivity index (χ3v) is 3.61. The number of esters is 1. The Morgan fingerprint density at radius 3 is 2.29 bits per heavy atom. The van der Waals surface area contributed by atoms with Gasteiger partial charge in [0.25, 0.3) is 5.91 Å². The normalized spacial score (nSPS) is 10.2.